The monoisotopic (exact) mass is 297 g/mol. The van der Waals surface area contributed by atoms with Crippen molar-refractivity contribution >= 4 is 23.2 Å². The lowest BCUT2D eigenvalue weighted by molar-refractivity contribution is 0.177. The minimum Gasteiger partial charge on any atom is -0.496 e. The van der Waals surface area contributed by atoms with Gasteiger partial charge >= 0.3 is 0 Å². The maximum absolute atomic E-state index is 10.2. The number of methoxy groups -OCH3 is 1. The molecule has 0 aliphatic carbocycles. The molecule has 3 nitrogen and oxygen atoms in total. The summed E-state index contributed by atoms with van der Waals surface area (Å²) in [6, 6.07) is 8.69. The fraction of sp³-hybridized carbons (Fsp3) is 0.214. The molecule has 1 aromatic carbocycles. The first kappa shape index (κ1) is 14.1. The van der Waals surface area contributed by atoms with E-state index < -0.39 is 6.10 Å². The summed E-state index contributed by atoms with van der Waals surface area (Å²) in [7, 11) is 1.59. The lowest BCUT2D eigenvalue weighted by Gasteiger charge is -2.14. The first-order valence-electron chi connectivity index (χ1n) is 5.72. The van der Waals surface area contributed by atoms with Gasteiger partial charge in [0.25, 0.3) is 0 Å². The minimum atomic E-state index is -0.687. The van der Waals surface area contributed by atoms with E-state index in [1.807, 2.05) is 0 Å². The van der Waals surface area contributed by atoms with Crippen LogP contribution in [0, 0.1) is 0 Å². The highest BCUT2D eigenvalue weighted by molar-refractivity contribution is 6.30. The third-order valence-corrected chi connectivity index (χ3v) is 3.23. The van der Waals surface area contributed by atoms with E-state index in [4.69, 9.17) is 27.9 Å². The molecular weight excluding hydrogens is 285 g/mol. The Hall–Kier alpha value is -1.29. The van der Waals surface area contributed by atoms with Crippen LogP contribution in [-0.4, -0.2) is 17.2 Å². The zero-order valence-corrected chi connectivity index (χ0v) is 11.8. The van der Waals surface area contributed by atoms with E-state index in [9.17, 15) is 5.11 Å². The number of hydrogen-bond acceptors (Lipinski definition) is 3. The SMILES string of the molecule is COc1ccc(Cl)cc1CC(O)c1ccnc(Cl)c1. The van der Waals surface area contributed by atoms with E-state index in [-0.39, 0.29) is 0 Å². The van der Waals surface area contributed by atoms with Gasteiger partial charge in [0.1, 0.15) is 10.9 Å². The second kappa shape index (κ2) is 6.24. The highest BCUT2D eigenvalue weighted by Crippen LogP contribution is 2.28. The molecule has 2 aromatic rings. The number of benzene rings is 1. The highest BCUT2D eigenvalue weighted by atomic mass is 35.5. The van der Waals surface area contributed by atoms with E-state index in [1.165, 1.54) is 0 Å². The van der Waals surface area contributed by atoms with E-state index in [2.05, 4.69) is 4.98 Å². The molecular formula is C14H13Cl2NO2. The molecule has 1 unspecified atom stereocenters. The quantitative estimate of drug-likeness (QED) is 0.876. The standard InChI is InChI=1S/C14H13Cl2NO2/c1-19-13-3-2-11(15)6-10(13)7-12(18)9-4-5-17-14(16)8-9/h2-6,8,12,18H,7H2,1H3. The number of aliphatic hydroxyl groups excluding tert-OH is 1. The summed E-state index contributed by atoms with van der Waals surface area (Å²) >= 11 is 11.8. The molecule has 5 heteroatoms. The molecule has 2 rings (SSSR count). The Morgan fingerprint density at radius 3 is 2.74 bits per heavy atom. The zero-order chi connectivity index (χ0) is 13.8. The van der Waals surface area contributed by atoms with Gasteiger partial charge in [0, 0.05) is 17.6 Å². The van der Waals surface area contributed by atoms with Crippen molar-refractivity contribution in [2.75, 3.05) is 7.11 Å². The molecule has 0 spiro atoms. The van der Waals surface area contributed by atoms with Crippen molar-refractivity contribution in [1.29, 1.82) is 0 Å². The van der Waals surface area contributed by atoms with Crippen LogP contribution in [-0.2, 0) is 6.42 Å². The molecule has 0 fully saturated rings. The Labute approximate surface area is 121 Å². The van der Waals surface area contributed by atoms with Crippen molar-refractivity contribution < 1.29 is 9.84 Å². The lowest BCUT2D eigenvalue weighted by atomic mass is 10.0. The van der Waals surface area contributed by atoms with Gasteiger partial charge in [-0.2, -0.15) is 0 Å². The van der Waals surface area contributed by atoms with Gasteiger partial charge in [-0.05, 0) is 41.5 Å². The maximum atomic E-state index is 10.2. The molecule has 0 bridgehead atoms. The van der Waals surface area contributed by atoms with Gasteiger partial charge in [-0.3, -0.25) is 0 Å². The molecule has 0 aliphatic rings. The number of aromatic nitrogens is 1. The summed E-state index contributed by atoms with van der Waals surface area (Å²) in [5.41, 5.74) is 1.55. The Morgan fingerprint density at radius 2 is 2.05 bits per heavy atom. The van der Waals surface area contributed by atoms with E-state index in [1.54, 1.807) is 43.6 Å². The first-order valence-corrected chi connectivity index (χ1v) is 6.47. The van der Waals surface area contributed by atoms with E-state index in [0.717, 1.165) is 5.56 Å². The first-order chi connectivity index (χ1) is 9.10. The molecule has 0 saturated carbocycles. The average Bonchev–Trinajstić information content (AvgIpc) is 2.39. The normalized spacial score (nSPS) is 12.2. The Bertz CT molecular complexity index is 575. The number of halogens is 2. The predicted molar refractivity (Wildman–Crippen MR) is 75.9 cm³/mol. The minimum absolute atomic E-state index is 0.356. The summed E-state index contributed by atoms with van der Waals surface area (Å²) in [6.07, 6.45) is 1.27. The summed E-state index contributed by atoms with van der Waals surface area (Å²) in [6.45, 7) is 0. The van der Waals surface area contributed by atoms with Crippen LogP contribution in [0.5, 0.6) is 5.75 Å². The van der Waals surface area contributed by atoms with Gasteiger partial charge in [0.15, 0.2) is 0 Å². The molecule has 1 heterocycles. The maximum Gasteiger partial charge on any atom is 0.129 e. The second-order valence-corrected chi connectivity index (χ2v) is 4.91. The van der Waals surface area contributed by atoms with Crippen LogP contribution >= 0.6 is 23.2 Å². The van der Waals surface area contributed by atoms with Gasteiger partial charge in [-0.15, -0.1) is 0 Å². The van der Waals surface area contributed by atoms with Crippen molar-refractivity contribution in [3.05, 3.63) is 57.8 Å². The van der Waals surface area contributed by atoms with Crippen LogP contribution in [0.1, 0.15) is 17.2 Å². The molecule has 1 atom stereocenters. The van der Waals surface area contributed by atoms with Crippen molar-refractivity contribution in [3.63, 3.8) is 0 Å². The fourth-order valence-electron chi connectivity index (χ4n) is 1.86. The largest absolute Gasteiger partial charge is 0.496 e. The van der Waals surface area contributed by atoms with Crippen molar-refractivity contribution in [2.24, 2.45) is 0 Å². The van der Waals surface area contributed by atoms with Crippen molar-refractivity contribution in [1.82, 2.24) is 4.98 Å². The molecule has 0 saturated heterocycles. The second-order valence-electron chi connectivity index (χ2n) is 4.09. The van der Waals surface area contributed by atoms with Crippen LogP contribution < -0.4 is 4.74 Å². The Kier molecular flexibility index (Phi) is 4.64. The molecule has 0 radical (unpaired) electrons. The summed E-state index contributed by atoms with van der Waals surface area (Å²) in [5, 5.41) is 11.2. The Balaban J connectivity index is 2.23. The number of ether oxygens (including phenoxy) is 1. The van der Waals surface area contributed by atoms with Crippen molar-refractivity contribution in [2.45, 2.75) is 12.5 Å². The molecule has 0 amide bonds. The third-order valence-electron chi connectivity index (χ3n) is 2.79. The van der Waals surface area contributed by atoms with Gasteiger partial charge in [-0.25, -0.2) is 4.98 Å². The molecule has 1 aromatic heterocycles. The van der Waals surface area contributed by atoms with E-state index in [0.29, 0.717) is 27.9 Å². The highest BCUT2D eigenvalue weighted by Gasteiger charge is 2.13. The van der Waals surface area contributed by atoms with Crippen LogP contribution in [0.25, 0.3) is 0 Å². The fourth-order valence-corrected chi connectivity index (χ4v) is 2.23. The van der Waals surface area contributed by atoms with Gasteiger partial charge in [0.05, 0.1) is 13.2 Å². The summed E-state index contributed by atoms with van der Waals surface area (Å²) in [5.74, 6) is 0.698. The molecule has 1 N–H and O–H groups in total. The summed E-state index contributed by atoms with van der Waals surface area (Å²) < 4.78 is 5.25. The van der Waals surface area contributed by atoms with Gasteiger partial charge in [0.2, 0.25) is 0 Å². The number of pyridine rings is 1. The number of aliphatic hydroxyl groups is 1. The Morgan fingerprint density at radius 1 is 1.26 bits per heavy atom. The average molecular weight is 298 g/mol. The lowest BCUT2D eigenvalue weighted by Crippen LogP contribution is -2.03. The smallest absolute Gasteiger partial charge is 0.129 e. The van der Waals surface area contributed by atoms with E-state index >= 15 is 0 Å². The zero-order valence-electron chi connectivity index (χ0n) is 10.3. The number of rotatable bonds is 4. The van der Waals surface area contributed by atoms with Crippen LogP contribution in [0.2, 0.25) is 10.2 Å². The third kappa shape index (κ3) is 3.60. The number of nitrogens with zero attached hydrogens (tertiary/aromatic N) is 1. The van der Waals surface area contributed by atoms with Crippen LogP contribution in [0.4, 0.5) is 0 Å². The predicted octanol–water partition coefficient (Wildman–Crippen LogP) is 3.67. The van der Waals surface area contributed by atoms with Gasteiger partial charge in [-0.1, -0.05) is 23.2 Å². The molecule has 19 heavy (non-hydrogen) atoms. The number of hydrogen-bond donors (Lipinski definition) is 1. The molecule has 100 valence electrons. The van der Waals surface area contributed by atoms with Crippen molar-refractivity contribution in [3.8, 4) is 5.75 Å². The van der Waals surface area contributed by atoms with Gasteiger partial charge < -0.3 is 9.84 Å². The van der Waals surface area contributed by atoms with Crippen LogP contribution in [0.15, 0.2) is 36.5 Å². The van der Waals surface area contributed by atoms with Crippen LogP contribution in [0.3, 0.4) is 0 Å². The summed E-state index contributed by atoms with van der Waals surface area (Å²) in [4.78, 5) is 3.89. The molecule has 0 aliphatic heterocycles. The topological polar surface area (TPSA) is 42.4 Å².